The zero-order valence-corrected chi connectivity index (χ0v) is 21.1. The monoisotopic (exact) mass is 495 g/mol. The molecule has 2 saturated heterocycles. The zero-order valence-electron chi connectivity index (χ0n) is 21.1. The number of aryl methyl sites for hydroxylation is 2. The van der Waals surface area contributed by atoms with Crippen molar-refractivity contribution < 1.29 is 29.4 Å². The Kier molecular flexibility index (Phi) is 11.5. The van der Waals surface area contributed by atoms with Crippen LogP contribution >= 0.6 is 0 Å². The average molecular weight is 496 g/mol. The van der Waals surface area contributed by atoms with Crippen molar-refractivity contribution in [2.24, 2.45) is 11.3 Å². The number of H-pyrrole nitrogens is 1. The van der Waals surface area contributed by atoms with Crippen molar-refractivity contribution in [1.29, 1.82) is 0 Å². The maximum Gasteiger partial charge on any atom is 0.345 e. The molecule has 0 spiro atoms. The number of aromatic nitrogens is 2. The van der Waals surface area contributed by atoms with Crippen molar-refractivity contribution in [3.63, 3.8) is 0 Å². The summed E-state index contributed by atoms with van der Waals surface area (Å²) in [5, 5.41) is 13.8. The summed E-state index contributed by atoms with van der Waals surface area (Å²) in [5.74, 6) is 0.658. The Labute approximate surface area is 204 Å². The summed E-state index contributed by atoms with van der Waals surface area (Å²) in [6, 6.07) is 0. The second-order valence-corrected chi connectivity index (χ2v) is 9.14. The minimum atomic E-state index is -0.348. The molecule has 2 amide bonds. The molecule has 1 aromatic rings. The molecule has 0 aliphatic carbocycles. The van der Waals surface area contributed by atoms with Crippen LogP contribution in [0.5, 0.6) is 0 Å². The standard InChI is InChI=1S/C21H33N5O3.2CH2O2/c1-6-18(27)25-9-16-10-26(13-21(16,12-25)11-24(4)5)19(28)8-7-17-14(2)22-20(29)23-15(17)3;2*2-1-3/h16H,6-13H2,1-5H3,(H,22,23,29);2*1H,(H,2,3)/t16-,21+;;/m1../s1. The van der Waals surface area contributed by atoms with E-state index < -0.39 is 0 Å². The van der Waals surface area contributed by atoms with Crippen LogP contribution in [0.2, 0.25) is 0 Å². The van der Waals surface area contributed by atoms with E-state index in [2.05, 4.69) is 29.0 Å². The van der Waals surface area contributed by atoms with Crippen molar-refractivity contribution in [2.75, 3.05) is 46.8 Å². The van der Waals surface area contributed by atoms with Crippen LogP contribution in [0, 0.1) is 25.2 Å². The predicted molar refractivity (Wildman–Crippen MR) is 128 cm³/mol. The molecule has 2 aliphatic heterocycles. The van der Waals surface area contributed by atoms with Gasteiger partial charge in [-0.1, -0.05) is 6.92 Å². The lowest BCUT2D eigenvalue weighted by atomic mass is 9.80. The van der Waals surface area contributed by atoms with Gasteiger partial charge >= 0.3 is 5.69 Å². The Morgan fingerprint density at radius 3 is 2.09 bits per heavy atom. The summed E-state index contributed by atoms with van der Waals surface area (Å²) < 4.78 is 0. The predicted octanol–water partition coefficient (Wildman–Crippen LogP) is -0.0205. The fourth-order valence-corrected chi connectivity index (χ4v) is 5.15. The highest BCUT2D eigenvalue weighted by atomic mass is 16.3. The molecule has 0 bridgehead atoms. The van der Waals surface area contributed by atoms with E-state index in [4.69, 9.17) is 19.8 Å². The van der Waals surface area contributed by atoms with Gasteiger partial charge in [-0.3, -0.25) is 19.2 Å². The van der Waals surface area contributed by atoms with E-state index in [1.807, 2.05) is 30.6 Å². The first kappa shape index (κ1) is 29.8. The van der Waals surface area contributed by atoms with Crippen LogP contribution in [0.25, 0.3) is 0 Å². The molecule has 2 fully saturated rings. The highest BCUT2D eigenvalue weighted by Crippen LogP contribution is 2.43. The topological polar surface area (TPSA) is 164 Å². The molecule has 196 valence electrons. The molecule has 35 heavy (non-hydrogen) atoms. The van der Waals surface area contributed by atoms with Gasteiger partial charge in [0.1, 0.15) is 0 Å². The van der Waals surface area contributed by atoms with E-state index in [-0.39, 0.29) is 35.9 Å². The minimum Gasteiger partial charge on any atom is -0.483 e. The van der Waals surface area contributed by atoms with Gasteiger partial charge in [0.15, 0.2) is 0 Å². The second-order valence-electron chi connectivity index (χ2n) is 9.14. The van der Waals surface area contributed by atoms with Crippen molar-refractivity contribution in [3.05, 3.63) is 27.4 Å². The summed E-state index contributed by atoms with van der Waals surface area (Å²) >= 11 is 0. The number of carboxylic acid groups (broad SMARTS) is 2. The molecule has 3 N–H and O–H groups in total. The number of hydrogen-bond donors (Lipinski definition) is 3. The van der Waals surface area contributed by atoms with Crippen molar-refractivity contribution in [1.82, 2.24) is 24.7 Å². The summed E-state index contributed by atoms with van der Waals surface area (Å²) in [5.41, 5.74) is 2.02. The van der Waals surface area contributed by atoms with Crippen molar-refractivity contribution in [3.8, 4) is 0 Å². The molecular weight excluding hydrogens is 458 g/mol. The smallest absolute Gasteiger partial charge is 0.345 e. The van der Waals surface area contributed by atoms with Crippen LogP contribution in [0.1, 0.15) is 36.7 Å². The molecule has 2 aliphatic rings. The van der Waals surface area contributed by atoms with E-state index in [9.17, 15) is 14.4 Å². The Balaban J connectivity index is 0.000000926. The molecule has 1 aromatic heterocycles. The molecular formula is C23H37N5O7. The van der Waals surface area contributed by atoms with Gasteiger partial charge in [-0.2, -0.15) is 4.98 Å². The van der Waals surface area contributed by atoms with Crippen LogP contribution < -0.4 is 5.69 Å². The number of rotatable bonds is 6. The van der Waals surface area contributed by atoms with Gasteiger partial charge in [0.25, 0.3) is 12.9 Å². The van der Waals surface area contributed by atoms with Crippen LogP contribution in [-0.2, 0) is 25.6 Å². The number of carbonyl (C=O) groups excluding carboxylic acids is 2. The highest BCUT2D eigenvalue weighted by molar-refractivity contribution is 5.78. The molecule has 0 aromatic carbocycles. The van der Waals surface area contributed by atoms with Crippen LogP contribution in [0.4, 0.5) is 0 Å². The summed E-state index contributed by atoms with van der Waals surface area (Å²) in [6.07, 6.45) is 1.50. The van der Waals surface area contributed by atoms with Gasteiger partial charge in [0.05, 0.1) is 0 Å². The van der Waals surface area contributed by atoms with E-state index in [1.165, 1.54) is 0 Å². The lowest BCUT2D eigenvalue weighted by Crippen LogP contribution is -2.43. The third kappa shape index (κ3) is 7.88. The lowest BCUT2D eigenvalue weighted by Gasteiger charge is -2.32. The molecule has 0 radical (unpaired) electrons. The van der Waals surface area contributed by atoms with Gasteiger partial charge in [0.2, 0.25) is 11.8 Å². The van der Waals surface area contributed by atoms with E-state index >= 15 is 0 Å². The first-order chi connectivity index (χ1) is 16.5. The number of carbonyl (C=O) groups is 4. The third-order valence-corrected chi connectivity index (χ3v) is 6.44. The molecule has 0 saturated carbocycles. The van der Waals surface area contributed by atoms with E-state index in [1.54, 1.807) is 0 Å². The van der Waals surface area contributed by atoms with Gasteiger partial charge in [-0.15, -0.1) is 0 Å². The summed E-state index contributed by atoms with van der Waals surface area (Å²) in [7, 11) is 4.10. The summed E-state index contributed by atoms with van der Waals surface area (Å²) in [6.45, 7) is 8.82. The molecule has 0 unspecified atom stereocenters. The third-order valence-electron chi connectivity index (χ3n) is 6.44. The van der Waals surface area contributed by atoms with Gasteiger partial charge in [0, 0.05) is 68.3 Å². The first-order valence-corrected chi connectivity index (χ1v) is 11.4. The maximum absolute atomic E-state index is 13.0. The average Bonchev–Trinajstić information content (AvgIpc) is 3.26. The molecule has 3 rings (SSSR count). The normalized spacial score (nSPS) is 20.3. The number of amides is 2. The Morgan fingerprint density at radius 1 is 1.11 bits per heavy atom. The van der Waals surface area contributed by atoms with Crippen molar-refractivity contribution in [2.45, 2.75) is 40.0 Å². The lowest BCUT2D eigenvalue weighted by molar-refractivity contribution is -0.132. The number of hydrogen-bond acceptors (Lipinski definition) is 7. The van der Waals surface area contributed by atoms with Gasteiger partial charge < -0.3 is 29.9 Å². The molecule has 3 heterocycles. The number of nitrogens with one attached hydrogen (secondary N) is 1. The fraction of sp³-hybridized carbons (Fsp3) is 0.652. The quantitative estimate of drug-likeness (QED) is 0.460. The number of aromatic amines is 1. The molecule has 12 nitrogen and oxygen atoms in total. The molecule has 2 atom stereocenters. The highest BCUT2D eigenvalue weighted by Gasteiger charge is 2.54. The van der Waals surface area contributed by atoms with Crippen molar-refractivity contribution >= 4 is 24.8 Å². The first-order valence-electron chi connectivity index (χ1n) is 11.4. The number of nitrogens with zero attached hydrogens (tertiary/aromatic N) is 4. The summed E-state index contributed by atoms with van der Waals surface area (Å²) in [4.78, 5) is 66.2. The number of likely N-dealkylation sites (tertiary alicyclic amines) is 2. The Morgan fingerprint density at radius 2 is 1.63 bits per heavy atom. The number of fused-ring (bicyclic) bond motifs is 1. The maximum atomic E-state index is 13.0. The fourth-order valence-electron chi connectivity index (χ4n) is 5.15. The van der Waals surface area contributed by atoms with Crippen LogP contribution in [0.15, 0.2) is 4.79 Å². The van der Waals surface area contributed by atoms with Crippen LogP contribution in [-0.4, -0.2) is 106 Å². The van der Waals surface area contributed by atoms with Gasteiger partial charge in [-0.05, 0) is 39.9 Å². The van der Waals surface area contributed by atoms with E-state index in [0.29, 0.717) is 44.0 Å². The van der Waals surface area contributed by atoms with E-state index in [0.717, 1.165) is 30.9 Å². The van der Waals surface area contributed by atoms with Gasteiger partial charge in [-0.25, -0.2) is 4.79 Å². The Hall–Kier alpha value is -3.28. The van der Waals surface area contributed by atoms with Crippen LogP contribution in [0.3, 0.4) is 0 Å². The molecule has 12 heteroatoms. The largest absolute Gasteiger partial charge is 0.483 e. The second kappa shape index (κ2) is 13.6. The minimum absolute atomic E-state index is 0.0463. The zero-order chi connectivity index (χ0) is 26.8. The SMILES string of the molecule is CCC(=O)N1C[C@@H]2CN(C(=O)CCc3c(C)nc(=O)[nH]c3C)C[C@]2(CN(C)C)C1.O=CO.O=CO. The Bertz CT molecular complexity index is 916.